The third-order valence-corrected chi connectivity index (χ3v) is 1.20. The highest BCUT2D eigenvalue weighted by Gasteiger charge is 2.15. The van der Waals surface area contributed by atoms with Crippen LogP contribution in [0.4, 0.5) is 5.82 Å². The van der Waals surface area contributed by atoms with Crippen LogP contribution >= 0.6 is 0 Å². The zero-order valence-electron chi connectivity index (χ0n) is 5.60. The van der Waals surface area contributed by atoms with Crippen LogP contribution in [0.1, 0.15) is 0 Å². The summed E-state index contributed by atoms with van der Waals surface area (Å²) in [6, 6.07) is 2.99. The van der Waals surface area contributed by atoms with Gasteiger partial charge < -0.3 is 14.9 Å². The Kier molecular flexibility index (Phi) is 2.21. The third-order valence-electron chi connectivity index (χ3n) is 1.20. The summed E-state index contributed by atoms with van der Waals surface area (Å²) in [6.45, 7) is 6.62. The summed E-state index contributed by atoms with van der Waals surface area (Å²) in [5.74, 6) is 0.0301. The van der Waals surface area contributed by atoms with E-state index >= 15 is 0 Å². The second-order valence-electron chi connectivity index (χ2n) is 1.90. The molecule has 54 valence electrons. The average molecular weight is 148 g/mol. The van der Waals surface area contributed by atoms with E-state index in [1.807, 2.05) is 0 Å². The van der Waals surface area contributed by atoms with Gasteiger partial charge in [-0.3, -0.25) is 0 Å². The molecule has 1 aromatic rings. The molecule has 0 spiro atoms. The largest absolute Gasteiger partial charge is 0.478 e. The Morgan fingerprint density at radius 2 is 2.27 bits per heavy atom. The number of hydrogen-bond acceptors (Lipinski definition) is 3. The molecule has 0 saturated heterocycles. The molecule has 0 aliphatic rings. The number of rotatable bonds is 1. The van der Waals surface area contributed by atoms with Crippen LogP contribution in [0, 0.1) is 6.57 Å². The van der Waals surface area contributed by atoms with Gasteiger partial charge in [-0.1, -0.05) is 12.6 Å². The molecule has 0 atom stereocenters. The van der Waals surface area contributed by atoms with Gasteiger partial charge in [-0.25, -0.2) is 0 Å². The Morgan fingerprint density at radius 1 is 1.55 bits per heavy atom. The first-order valence-corrected chi connectivity index (χ1v) is 2.94. The Labute approximate surface area is 64.1 Å². The van der Waals surface area contributed by atoms with Gasteiger partial charge in [0.2, 0.25) is 0 Å². The van der Waals surface area contributed by atoms with E-state index in [1.165, 1.54) is 12.3 Å². The van der Waals surface area contributed by atoms with Crippen LogP contribution in [0.5, 0.6) is 0 Å². The van der Waals surface area contributed by atoms with Gasteiger partial charge in [0, 0.05) is 5.46 Å². The standard InChI is InChI=1S/C6H5BN2O2/c1-8-6-5(7(10)11)3-2-4-9-6/h2-4,10-11H. The van der Waals surface area contributed by atoms with Crippen molar-refractivity contribution < 1.29 is 10.0 Å². The van der Waals surface area contributed by atoms with E-state index in [9.17, 15) is 0 Å². The molecular formula is C6H5BN2O2. The highest BCUT2D eigenvalue weighted by Crippen LogP contribution is 2.01. The van der Waals surface area contributed by atoms with Crippen molar-refractivity contribution in [3.8, 4) is 0 Å². The summed E-state index contributed by atoms with van der Waals surface area (Å²) in [6.07, 6.45) is 1.43. The molecule has 0 radical (unpaired) electrons. The van der Waals surface area contributed by atoms with Gasteiger partial charge in [-0.2, -0.15) is 0 Å². The average Bonchev–Trinajstić information content (AvgIpc) is 2.04. The molecule has 1 aromatic heterocycles. The molecule has 1 heterocycles. The highest BCUT2D eigenvalue weighted by molar-refractivity contribution is 6.60. The summed E-state index contributed by atoms with van der Waals surface area (Å²) in [7, 11) is -1.62. The molecule has 5 heteroatoms. The normalized spacial score (nSPS) is 8.82. The fraction of sp³-hybridized carbons (Fsp3) is 0. The van der Waals surface area contributed by atoms with Crippen LogP contribution in [0.2, 0.25) is 0 Å². The Balaban J connectivity index is 3.15. The topological polar surface area (TPSA) is 57.7 Å². The van der Waals surface area contributed by atoms with Gasteiger partial charge in [0.25, 0.3) is 5.82 Å². The third kappa shape index (κ3) is 1.55. The van der Waals surface area contributed by atoms with Crippen LogP contribution in [0.15, 0.2) is 18.3 Å². The molecule has 0 unspecified atom stereocenters. The summed E-state index contributed by atoms with van der Waals surface area (Å²) in [5, 5.41) is 17.4. The molecule has 0 fully saturated rings. The van der Waals surface area contributed by atoms with Crippen molar-refractivity contribution in [1.82, 2.24) is 4.98 Å². The fourth-order valence-electron chi connectivity index (χ4n) is 0.704. The Morgan fingerprint density at radius 3 is 2.73 bits per heavy atom. The minimum absolute atomic E-state index is 0.0301. The maximum atomic E-state index is 8.71. The van der Waals surface area contributed by atoms with E-state index in [-0.39, 0.29) is 11.3 Å². The fourth-order valence-corrected chi connectivity index (χ4v) is 0.704. The number of pyridine rings is 1. The Bertz CT molecular complexity index is 295. The van der Waals surface area contributed by atoms with Gasteiger partial charge in [-0.15, -0.1) is 4.98 Å². The van der Waals surface area contributed by atoms with E-state index in [4.69, 9.17) is 16.6 Å². The van der Waals surface area contributed by atoms with Gasteiger partial charge in [-0.05, 0) is 6.07 Å². The van der Waals surface area contributed by atoms with E-state index < -0.39 is 7.12 Å². The highest BCUT2D eigenvalue weighted by atomic mass is 16.4. The second kappa shape index (κ2) is 3.15. The van der Waals surface area contributed by atoms with Crippen LogP contribution in [-0.2, 0) is 0 Å². The van der Waals surface area contributed by atoms with Crippen LogP contribution in [0.25, 0.3) is 4.85 Å². The van der Waals surface area contributed by atoms with Crippen molar-refractivity contribution in [1.29, 1.82) is 0 Å². The number of aromatic nitrogens is 1. The minimum atomic E-state index is -1.62. The molecule has 0 saturated carbocycles. The lowest BCUT2D eigenvalue weighted by Gasteiger charge is -1.98. The lowest BCUT2D eigenvalue weighted by atomic mass is 9.81. The van der Waals surface area contributed by atoms with Crippen molar-refractivity contribution in [2.75, 3.05) is 0 Å². The summed E-state index contributed by atoms with van der Waals surface area (Å²) >= 11 is 0. The molecular weight excluding hydrogens is 143 g/mol. The maximum Gasteiger partial charge on any atom is 0.478 e. The molecule has 11 heavy (non-hydrogen) atoms. The molecule has 0 bridgehead atoms. The lowest BCUT2D eigenvalue weighted by Crippen LogP contribution is -2.30. The van der Waals surface area contributed by atoms with Crippen molar-refractivity contribution in [3.05, 3.63) is 29.7 Å². The van der Waals surface area contributed by atoms with Crippen LogP contribution in [0.3, 0.4) is 0 Å². The summed E-state index contributed by atoms with van der Waals surface area (Å²) < 4.78 is 0. The number of nitrogens with zero attached hydrogens (tertiary/aromatic N) is 2. The quantitative estimate of drug-likeness (QED) is 0.409. The second-order valence-corrected chi connectivity index (χ2v) is 1.90. The Hall–Kier alpha value is -1.38. The first-order chi connectivity index (χ1) is 5.25. The first-order valence-electron chi connectivity index (χ1n) is 2.94. The van der Waals surface area contributed by atoms with E-state index in [0.717, 1.165) is 0 Å². The summed E-state index contributed by atoms with van der Waals surface area (Å²) in [5.41, 5.74) is 0.141. The minimum Gasteiger partial charge on any atom is -0.424 e. The van der Waals surface area contributed by atoms with Gasteiger partial charge in [0.05, 0.1) is 0 Å². The van der Waals surface area contributed by atoms with Gasteiger partial charge in [0.15, 0.2) is 0 Å². The van der Waals surface area contributed by atoms with Crippen molar-refractivity contribution in [2.45, 2.75) is 0 Å². The monoisotopic (exact) mass is 148 g/mol. The summed E-state index contributed by atoms with van der Waals surface area (Å²) in [4.78, 5) is 6.65. The molecule has 0 aliphatic carbocycles. The lowest BCUT2D eigenvalue weighted by molar-refractivity contribution is 0.426. The van der Waals surface area contributed by atoms with Crippen LogP contribution < -0.4 is 5.46 Å². The molecule has 2 N–H and O–H groups in total. The smallest absolute Gasteiger partial charge is 0.424 e. The van der Waals surface area contributed by atoms with E-state index in [0.29, 0.717) is 0 Å². The number of hydrogen-bond donors (Lipinski definition) is 2. The van der Waals surface area contributed by atoms with E-state index in [2.05, 4.69) is 9.83 Å². The van der Waals surface area contributed by atoms with Gasteiger partial charge in [0.1, 0.15) is 6.20 Å². The van der Waals surface area contributed by atoms with Crippen molar-refractivity contribution in [2.24, 2.45) is 0 Å². The predicted octanol–water partition coefficient (Wildman–Crippen LogP) is -0.688. The molecule has 0 amide bonds. The zero-order valence-corrected chi connectivity index (χ0v) is 5.60. The maximum absolute atomic E-state index is 8.71. The zero-order chi connectivity index (χ0) is 8.27. The van der Waals surface area contributed by atoms with Crippen LogP contribution in [-0.4, -0.2) is 22.2 Å². The SMILES string of the molecule is [C-]#[N+]c1ncccc1B(O)O. The predicted molar refractivity (Wildman–Crippen MR) is 40.3 cm³/mol. The van der Waals surface area contributed by atoms with Crippen molar-refractivity contribution in [3.63, 3.8) is 0 Å². The van der Waals surface area contributed by atoms with Gasteiger partial charge >= 0.3 is 7.12 Å². The molecule has 1 rings (SSSR count). The van der Waals surface area contributed by atoms with Crippen molar-refractivity contribution >= 4 is 18.4 Å². The first kappa shape index (κ1) is 7.73. The molecule has 0 aromatic carbocycles. The molecule has 0 aliphatic heterocycles. The molecule has 4 nitrogen and oxygen atoms in total. The van der Waals surface area contributed by atoms with E-state index in [1.54, 1.807) is 6.07 Å².